The lowest BCUT2D eigenvalue weighted by Crippen LogP contribution is -2.42. The lowest BCUT2D eigenvalue weighted by Gasteiger charge is -2.35. The number of amides is 1. The van der Waals surface area contributed by atoms with Gasteiger partial charge >= 0.3 is 0 Å². The summed E-state index contributed by atoms with van der Waals surface area (Å²) in [7, 11) is -3.67. The third kappa shape index (κ3) is 4.25. The van der Waals surface area contributed by atoms with E-state index in [4.69, 9.17) is 0 Å². The summed E-state index contributed by atoms with van der Waals surface area (Å²) in [4.78, 5) is 14.9. The first-order valence-corrected chi connectivity index (χ1v) is 10.3. The molecular formula is C20H24N2O3S. The highest BCUT2D eigenvalue weighted by molar-refractivity contribution is 7.92. The molecule has 0 radical (unpaired) electrons. The van der Waals surface area contributed by atoms with Crippen molar-refractivity contribution in [2.75, 3.05) is 17.8 Å². The van der Waals surface area contributed by atoms with Crippen molar-refractivity contribution >= 4 is 21.6 Å². The fraction of sp³-hybridized carbons (Fsp3) is 0.350. The van der Waals surface area contributed by atoms with E-state index in [1.165, 1.54) is 12.1 Å². The van der Waals surface area contributed by atoms with Crippen molar-refractivity contribution < 1.29 is 13.2 Å². The number of anilines is 1. The summed E-state index contributed by atoms with van der Waals surface area (Å²) in [5.74, 6) is 0.897. The number of nitrogens with zero attached hydrogens (tertiary/aromatic N) is 1. The zero-order valence-electron chi connectivity index (χ0n) is 15.1. The first-order chi connectivity index (χ1) is 12.3. The van der Waals surface area contributed by atoms with Crippen molar-refractivity contribution in [3.05, 3.63) is 60.2 Å². The Morgan fingerprint density at radius 2 is 1.65 bits per heavy atom. The molecule has 1 amide bonds. The molecule has 2 atom stereocenters. The van der Waals surface area contributed by atoms with Crippen LogP contribution in [0.1, 0.15) is 30.6 Å². The molecule has 26 heavy (non-hydrogen) atoms. The molecule has 2 aromatic carbocycles. The first-order valence-electron chi connectivity index (χ1n) is 8.82. The van der Waals surface area contributed by atoms with Crippen LogP contribution in [0.15, 0.2) is 59.5 Å². The van der Waals surface area contributed by atoms with E-state index < -0.39 is 10.0 Å². The quantitative estimate of drug-likeness (QED) is 0.892. The fourth-order valence-electron chi connectivity index (χ4n) is 3.54. The lowest BCUT2D eigenvalue weighted by atomic mass is 9.91. The molecule has 1 aliphatic rings. The smallest absolute Gasteiger partial charge is 0.261 e. The Kier molecular flexibility index (Phi) is 5.32. The average molecular weight is 372 g/mol. The predicted octanol–water partition coefficient (Wildman–Crippen LogP) is 3.61. The standard InChI is InChI=1S/C20H24N2O3S/c1-15-11-16(2)14-22(13-15)20(23)17-7-6-8-18(12-17)21-26(24,25)19-9-4-3-5-10-19/h3-10,12,15-16,21H,11,13-14H2,1-2H3. The van der Waals surface area contributed by atoms with Crippen LogP contribution in [0.2, 0.25) is 0 Å². The molecule has 6 heteroatoms. The number of hydrogen-bond acceptors (Lipinski definition) is 3. The van der Waals surface area contributed by atoms with Crippen molar-refractivity contribution in [1.82, 2.24) is 4.90 Å². The molecule has 0 aromatic heterocycles. The van der Waals surface area contributed by atoms with E-state index in [1.54, 1.807) is 42.5 Å². The normalized spacial score (nSPS) is 20.6. The van der Waals surface area contributed by atoms with E-state index in [1.807, 2.05) is 4.90 Å². The van der Waals surface area contributed by atoms with Crippen molar-refractivity contribution in [3.63, 3.8) is 0 Å². The molecule has 0 aliphatic carbocycles. The van der Waals surface area contributed by atoms with Gasteiger partial charge in [-0.15, -0.1) is 0 Å². The molecule has 5 nitrogen and oxygen atoms in total. The maximum Gasteiger partial charge on any atom is 0.261 e. The Balaban J connectivity index is 1.79. The third-order valence-corrected chi connectivity index (χ3v) is 5.97. The molecular weight excluding hydrogens is 348 g/mol. The summed E-state index contributed by atoms with van der Waals surface area (Å²) in [6.07, 6.45) is 1.13. The maximum absolute atomic E-state index is 12.8. The van der Waals surface area contributed by atoms with Crippen LogP contribution >= 0.6 is 0 Å². The van der Waals surface area contributed by atoms with E-state index in [-0.39, 0.29) is 10.8 Å². The average Bonchev–Trinajstić information content (AvgIpc) is 2.61. The number of likely N-dealkylation sites (tertiary alicyclic amines) is 1. The van der Waals surface area contributed by atoms with Gasteiger partial charge in [0.15, 0.2) is 0 Å². The summed E-state index contributed by atoms with van der Waals surface area (Å²) >= 11 is 0. The predicted molar refractivity (Wildman–Crippen MR) is 103 cm³/mol. The van der Waals surface area contributed by atoms with Gasteiger partial charge in [0.25, 0.3) is 15.9 Å². The number of hydrogen-bond donors (Lipinski definition) is 1. The summed E-state index contributed by atoms with van der Waals surface area (Å²) in [5.41, 5.74) is 0.886. The second-order valence-corrected chi connectivity index (χ2v) is 8.84. The van der Waals surface area contributed by atoms with Gasteiger partial charge in [0.1, 0.15) is 0 Å². The number of nitrogens with one attached hydrogen (secondary N) is 1. The summed E-state index contributed by atoms with van der Waals surface area (Å²) < 4.78 is 27.5. The largest absolute Gasteiger partial charge is 0.338 e. The molecule has 0 spiro atoms. The molecule has 3 rings (SSSR count). The second-order valence-electron chi connectivity index (χ2n) is 7.16. The minimum absolute atomic E-state index is 0.0517. The van der Waals surface area contributed by atoms with Gasteiger partial charge in [0, 0.05) is 24.3 Å². The minimum Gasteiger partial charge on any atom is -0.338 e. The highest BCUT2D eigenvalue weighted by Crippen LogP contribution is 2.24. The van der Waals surface area contributed by atoms with Crippen LogP contribution in [-0.2, 0) is 10.0 Å². The summed E-state index contributed by atoms with van der Waals surface area (Å²) in [6, 6.07) is 14.9. The Labute approximate surface area is 155 Å². The number of sulfonamides is 1. The molecule has 0 bridgehead atoms. The van der Waals surface area contributed by atoms with Crippen LogP contribution < -0.4 is 4.72 Å². The van der Waals surface area contributed by atoms with Gasteiger partial charge in [0.05, 0.1) is 4.90 Å². The molecule has 1 N–H and O–H groups in total. The zero-order valence-corrected chi connectivity index (χ0v) is 15.9. The van der Waals surface area contributed by atoms with Crippen molar-refractivity contribution in [2.45, 2.75) is 25.2 Å². The van der Waals surface area contributed by atoms with Gasteiger partial charge in [-0.1, -0.05) is 38.1 Å². The van der Waals surface area contributed by atoms with Gasteiger partial charge in [-0.2, -0.15) is 0 Å². The number of benzene rings is 2. The Morgan fingerprint density at radius 1 is 1.00 bits per heavy atom. The molecule has 2 aromatic rings. The molecule has 138 valence electrons. The van der Waals surface area contributed by atoms with Gasteiger partial charge in [0.2, 0.25) is 0 Å². The first kappa shape index (κ1) is 18.5. The zero-order chi connectivity index (χ0) is 18.7. The highest BCUT2D eigenvalue weighted by Gasteiger charge is 2.26. The van der Waals surface area contributed by atoms with E-state index in [0.717, 1.165) is 19.5 Å². The van der Waals surface area contributed by atoms with Crippen LogP contribution in [0.4, 0.5) is 5.69 Å². The van der Waals surface area contributed by atoms with E-state index >= 15 is 0 Å². The number of carbonyl (C=O) groups is 1. The molecule has 1 aliphatic heterocycles. The van der Waals surface area contributed by atoms with Crippen molar-refractivity contribution in [1.29, 1.82) is 0 Å². The van der Waals surface area contributed by atoms with Crippen LogP contribution in [0.5, 0.6) is 0 Å². The number of rotatable bonds is 4. The van der Waals surface area contributed by atoms with Gasteiger partial charge in [-0.3, -0.25) is 9.52 Å². The summed E-state index contributed by atoms with van der Waals surface area (Å²) in [5, 5.41) is 0. The number of piperidine rings is 1. The van der Waals surface area contributed by atoms with Gasteiger partial charge in [-0.05, 0) is 48.6 Å². The monoisotopic (exact) mass is 372 g/mol. The third-order valence-electron chi connectivity index (χ3n) is 4.57. The Bertz CT molecular complexity index is 871. The number of carbonyl (C=O) groups excluding carboxylic acids is 1. The highest BCUT2D eigenvalue weighted by atomic mass is 32.2. The molecule has 1 saturated heterocycles. The molecule has 2 unspecified atom stereocenters. The lowest BCUT2D eigenvalue weighted by molar-refractivity contribution is 0.0623. The Hall–Kier alpha value is -2.34. The second kappa shape index (κ2) is 7.50. The maximum atomic E-state index is 12.8. The fourth-order valence-corrected chi connectivity index (χ4v) is 4.61. The minimum atomic E-state index is -3.67. The van der Waals surface area contributed by atoms with Crippen LogP contribution in [0, 0.1) is 11.8 Å². The van der Waals surface area contributed by atoms with Crippen LogP contribution in [0.25, 0.3) is 0 Å². The van der Waals surface area contributed by atoms with Crippen LogP contribution in [-0.4, -0.2) is 32.3 Å². The van der Waals surface area contributed by atoms with Gasteiger partial charge in [-0.25, -0.2) is 8.42 Å². The van der Waals surface area contributed by atoms with E-state index in [0.29, 0.717) is 23.1 Å². The Morgan fingerprint density at radius 3 is 2.31 bits per heavy atom. The topological polar surface area (TPSA) is 66.5 Å². The van der Waals surface area contributed by atoms with Crippen molar-refractivity contribution in [2.24, 2.45) is 11.8 Å². The van der Waals surface area contributed by atoms with Crippen molar-refractivity contribution in [3.8, 4) is 0 Å². The van der Waals surface area contributed by atoms with E-state index in [9.17, 15) is 13.2 Å². The van der Waals surface area contributed by atoms with Crippen LogP contribution in [0.3, 0.4) is 0 Å². The van der Waals surface area contributed by atoms with Gasteiger partial charge < -0.3 is 4.90 Å². The molecule has 1 heterocycles. The summed E-state index contributed by atoms with van der Waals surface area (Å²) in [6.45, 7) is 5.78. The SMILES string of the molecule is CC1CC(C)CN(C(=O)c2cccc(NS(=O)(=O)c3ccccc3)c2)C1. The van der Waals surface area contributed by atoms with E-state index in [2.05, 4.69) is 18.6 Å². The molecule has 0 saturated carbocycles. The molecule has 1 fully saturated rings.